The smallest absolute Gasteiger partial charge is 0.337 e. The van der Waals surface area contributed by atoms with Gasteiger partial charge in [-0.05, 0) is 24.3 Å². The average Bonchev–Trinajstić information content (AvgIpc) is 2.41. The van der Waals surface area contributed by atoms with Crippen molar-refractivity contribution in [2.24, 2.45) is 0 Å². The molecular weight excluding hydrogens is 270 g/mol. The summed E-state index contributed by atoms with van der Waals surface area (Å²) in [5.74, 6) is -3.16. The molecule has 5 nitrogen and oxygen atoms in total. The Hall–Kier alpha value is -3.01. The van der Waals surface area contributed by atoms with Gasteiger partial charge in [0.1, 0.15) is 23.3 Å². The van der Waals surface area contributed by atoms with E-state index in [4.69, 9.17) is 10.4 Å². The Morgan fingerprint density at radius 3 is 2.60 bits per heavy atom. The van der Waals surface area contributed by atoms with Gasteiger partial charge in [0.15, 0.2) is 0 Å². The lowest BCUT2D eigenvalue weighted by molar-refractivity contribution is 0.0697. The highest BCUT2D eigenvalue weighted by Gasteiger charge is 2.18. The molecule has 0 radical (unpaired) electrons. The van der Waals surface area contributed by atoms with Crippen LogP contribution in [0.4, 0.5) is 8.78 Å². The number of pyridine rings is 1. The standard InChI is InChI=1S/C13H6F2N2O3/c14-7-1-2-10(15)8(4-7)11-9(13(19)20)3-6(5-16)12(18)17-11/h1-4H,(H,17,18)(H,19,20). The molecule has 1 aromatic carbocycles. The van der Waals surface area contributed by atoms with Crippen LogP contribution in [0.1, 0.15) is 15.9 Å². The van der Waals surface area contributed by atoms with Gasteiger partial charge in [0.25, 0.3) is 5.56 Å². The third-order valence-corrected chi connectivity index (χ3v) is 2.59. The number of carboxylic acids is 1. The number of aromatic carboxylic acids is 1. The van der Waals surface area contributed by atoms with Crippen LogP contribution in [0.3, 0.4) is 0 Å². The Morgan fingerprint density at radius 1 is 1.30 bits per heavy atom. The zero-order valence-corrected chi connectivity index (χ0v) is 9.78. The minimum atomic E-state index is -1.48. The van der Waals surface area contributed by atoms with Gasteiger partial charge in [0, 0.05) is 5.56 Å². The fourth-order valence-electron chi connectivity index (χ4n) is 1.68. The van der Waals surface area contributed by atoms with Crippen molar-refractivity contribution >= 4 is 5.97 Å². The van der Waals surface area contributed by atoms with Gasteiger partial charge in [0.2, 0.25) is 0 Å². The second-order valence-corrected chi connectivity index (χ2v) is 3.84. The molecular formula is C13H6F2N2O3. The number of aromatic amines is 1. The van der Waals surface area contributed by atoms with Crippen LogP contribution in [-0.4, -0.2) is 16.1 Å². The molecule has 0 aliphatic rings. The number of halogens is 2. The Balaban J connectivity index is 2.83. The molecule has 7 heteroatoms. The van der Waals surface area contributed by atoms with E-state index in [1.54, 1.807) is 0 Å². The number of carboxylic acid groups (broad SMARTS) is 1. The summed E-state index contributed by atoms with van der Waals surface area (Å²) in [5.41, 5.74) is -2.59. The van der Waals surface area contributed by atoms with Crippen molar-refractivity contribution in [2.45, 2.75) is 0 Å². The molecule has 100 valence electrons. The van der Waals surface area contributed by atoms with Gasteiger partial charge >= 0.3 is 5.97 Å². The molecule has 0 spiro atoms. The van der Waals surface area contributed by atoms with Crippen LogP contribution < -0.4 is 5.56 Å². The molecule has 2 N–H and O–H groups in total. The summed E-state index contributed by atoms with van der Waals surface area (Å²) in [5, 5.41) is 17.7. The summed E-state index contributed by atoms with van der Waals surface area (Å²) in [6.07, 6.45) is 0. The maximum absolute atomic E-state index is 13.7. The van der Waals surface area contributed by atoms with Crippen LogP contribution in [0, 0.1) is 23.0 Å². The van der Waals surface area contributed by atoms with Gasteiger partial charge in [0.05, 0.1) is 11.3 Å². The second-order valence-electron chi connectivity index (χ2n) is 3.84. The van der Waals surface area contributed by atoms with Crippen molar-refractivity contribution in [2.75, 3.05) is 0 Å². The quantitative estimate of drug-likeness (QED) is 0.875. The molecule has 0 bridgehead atoms. The van der Waals surface area contributed by atoms with Crippen molar-refractivity contribution in [3.05, 3.63) is 57.4 Å². The van der Waals surface area contributed by atoms with Crippen LogP contribution in [0.2, 0.25) is 0 Å². The molecule has 2 aromatic rings. The Bertz CT molecular complexity index is 806. The van der Waals surface area contributed by atoms with E-state index in [9.17, 15) is 18.4 Å². The predicted molar refractivity (Wildman–Crippen MR) is 64.1 cm³/mol. The second kappa shape index (κ2) is 4.93. The maximum Gasteiger partial charge on any atom is 0.337 e. The first-order valence-corrected chi connectivity index (χ1v) is 5.30. The minimum Gasteiger partial charge on any atom is -0.478 e. The number of H-pyrrole nitrogens is 1. The van der Waals surface area contributed by atoms with E-state index in [1.807, 2.05) is 0 Å². The van der Waals surface area contributed by atoms with Gasteiger partial charge in [-0.25, -0.2) is 13.6 Å². The van der Waals surface area contributed by atoms with Crippen molar-refractivity contribution in [1.82, 2.24) is 4.98 Å². The SMILES string of the molecule is N#Cc1cc(C(=O)O)c(-c2cc(F)ccc2F)[nH]c1=O. The number of carbonyl (C=O) groups is 1. The van der Waals surface area contributed by atoms with Crippen LogP contribution in [0.25, 0.3) is 11.3 Å². The van der Waals surface area contributed by atoms with E-state index in [-0.39, 0.29) is 0 Å². The fraction of sp³-hybridized carbons (Fsp3) is 0. The first kappa shape index (κ1) is 13.4. The summed E-state index contributed by atoms with van der Waals surface area (Å²) < 4.78 is 26.8. The minimum absolute atomic E-state index is 0.390. The summed E-state index contributed by atoms with van der Waals surface area (Å²) in [6.45, 7) is 0. The van der Waals surface area contributed by atoms with Gasteiger partial charge < -0.3 is 10.1 Å². The number of nitrogens with zero attached hydrogens (tertiary/aromatic N) is 1. The number of nitriles is 1. The zero-order valence-electron chi connectivity index (χ0n) is 9.78. The molecule has 0 aliphatic heterocycles. The van der Waals surface area contributed by atoms with Crippen LogP contribution in [0.5, 0.6) is 0 Å². The van der Waals surface area contributed by atoms with Crippen LogP contribution in [-0.2, 0) is 0 Å². The van der Waals surface area contributed by atoms with E-state index in [1.165, 1.54) is 6.07 Å². The van der Waals surface area contributed by atoms with E-state index >= 15 is 0 Å². The molecule has 0 atom stereocenters. The zero-order chi connectivity index (χ0) is 14.9. The molecule has 1 aromatic heterocycles. The van der Waals surface area contributed by atoms with Gasteiger partial charge in [-0.1, -0.05) is 0 Å². The largest absolute Gasteiger partial charge is 0.478 e. The Kier molecular flexibility index (Phi) is 3.31. The first-order valence-electron chi connectivity index (χ1n) is 5.30. The van der Waals surface area contributed by atoms with E-state index in [0.717, 1.165) is 24.3 Å². The van der Waals surface area contributed by atoms with Crippen molar-refractivity contribution in [3.63, 3.8) is 0 Å². The number of nitrogens with one attached hydrogen (secondary N) is 1. The topological polar surface area (TPSA) is 93.9 Å². The maximum atomic E-state index is 13.7. The summed E-state index contributed by atoms with van der Waals surface area (Å²) in [6, 6.07) is 4.78. The molecule has 0 fully saturated rings. The first-order chi connectivity index (χ1) is 9.43. The normalized spacial score (nSPS) is 10.1. The molecule has 1 heterocycles. The third kappa shape index (κ3) is 2.27. The van der Waals surface area contributed by atoms with Gasteiger partial charge in [-0.2, -0.15) is 5.26 Å². The van der Waals surface area contributed by atoms with Gasteiger partial charge in [-0.15, -0.1) is 0 Å². The number of benzene rings is 1. The van der Waals surface area contributed by atoms with Crippen molar-refractivity contribution in [3.8, 4) is 17.3 Å². The summed E-state index contributed by atoms with van der Waals surface area (Å²) >= 11 is 0. The average molecular weight is 276 g/mol. The monoisotopic (exact) mass is 276 g/mol. The molecule has 0 aliphatic carbocycles. The Morgan fingerprint density at radius 2 is 2.00 bits per heavy atom. The number of rotatable bonds is 2. The number of hydrogen-bond donors (Lipinski definition) is 2. The third-order valence-electron chi connectivity index (χ3n) is 2.59. The highest BCUT2D eigenvalue weighted by Crippen LogP contribution is 2.24. The van der Waals surface area contributed by atoms with E-state index in [2.05, 4.69) is 4.98 Å². The molecule has 0 amide bonds. The molecule has 2 rings (SSSR count). The highest BCUT2D eigenvalue weighted by atomic mass is 19.1. The van der Waals surface area contributed by atoms with Crippen LogP contribution >= 0.6 is 0 Å². The Labute approximate surface area is 110 Å². The molecule has 0 saturated heterocycles. The number of hydrogen-bond acceptors (Lipinski definition) is 3. The van der Waals surface area contributed by atoms with E-state index < -0.39 is 45.5 Å². The van der Waals surface area contributed by atoms with Gasteiger partial charge in [-0.3, -0.25) is 4.79 Å². The fourth-order valence-corrected chi connectivity index (χ4v) is 1.68. The lowest BCUT2D eigenvalue weighted by Gasteiger charge is -2.07. The summed E-state index contributed by atoms with van der Waals surface area (Å²) in [4.78, 5) is 24.7. The van der Waals surface area contributed by atoms with Crippen molar-refractivity contribution in [1.29, 1.82) is 5.26 Å². The molecule has 20 heavy (non-hydrogen) atoms. The summed E-state index contributed by atoms with van der Waals surface area (Å²) in [7, 11) is 0. The van der Waals surface area contributed by atoms with Crippen LogP contribution in [0.15, 0.2) is 29.1 Å². The highest BCUT2D eigenvalue weighted by molar-refractivity contribution is 5.95. The lowest BCUT2D eigenvalue weighted by atomic mass is 10.0. The number of aromatic nitrogens is 1. The molecule has 0 saturated carbocycles. The van der Waals surface area contributed by atoms with E-state index in [0.29, 0.717) is 0 Å². The van der Waals surface area contributed by atoms with Crippen molar-refractivity contribution < 1.29 is 18.7 Å². The lowest BCUT2D eigenvalue weighted by Crippen LogP contribution is -2.16. The molecule has 0 unspecified atom stereocenters. The predicted octanol–water partition coefficient (Wildman–Crippen LogP) is 1.89.